The van der Waals surface area contributed by atoms with Gasteiger partial charge in [0.05, 0.1) is 24.4 Å². The van der Waals surface area contributed by atoms with E-state index in [2.05, 4.69) is 10.3 Å². The Morgan fingerprint density at radius 1 is 1.44 bits per heavy atom. The molecule has 1 aromatic rings. The molecule has 1 amide bonds. The summed E-state index contributed by atoms with van der Waals surface area (Å²) in [5.74, 6) is 0.516. The van der Waals surface area contributed by atoms with Crippen LogP contribution in [-0.4, -0.2) is 18.5 Å². The maximum Gasteiger partial charge on any atom is 0.227 e. The number of benzene rings is 1. The highest BCUT2D eigenvalue weighted by molar-refractivity contribution is 5.93. The van der Waals surface area contributed by atoms with Crippen LogP contribution in [0.25, 0.3) is 0 Å². The van der Waals surface area contributed by atoms with Crippen molar-refractivity contribution in [3.63, 3.8) is 0 Å². The van der Waals surface area contributed by atoms with Crippen LogP contribution in [0.4, 0.5) is 11.4 Å². The van der Waals surface area contributed by atoms with Gasteiger partial charge in [0.1, 0.15) is 5.75 Å². The third kappa shape index (κ3) is 2.22. The SMILES string of the molecule is NC(N)=Nc1ccc2c(c1)NC(=O)CCO2. The molecular formula is C10H12N4O2. The number of fused-ring (bicyclic) bond motifs is 1. The zero-order valence-electron chi connectivity index (χ0n) is 8.56. The Balaban J connectivity index is 2.36. The van der Waals surface area contributed by atoms with Gasteiger partial charge in [-0.3, -0.25) is 4.79 Å². The number of hydrogen-bond donors (Lipinski definition) is 3. The first-order chi connectivity index (χ1) is 7.65. The Labute approximate surface area is 92.3 Å². The van der Waals surface area contributed by atoms with Crippen LogP contribution in [0, 0.1) is 0 Å². The maximum absolute atomic E-state index is 11.3. The predicted octanol–water partition coefficient (Wildman–Crippen LogP) is 0.312. The zero-order chi connectivity index (χ0) is 11.5. The standard InChI is InChI=1S/C10H12N4O2/c11-10(12)13-6-1-2-8-7(5-6)14-9(15)3-4-16-8/h1-2,5H,3-4H2,(H,14,15)(H4,11,12,13). The van der Waals surface area contributed by atoms with Crippen LogP contribution < -0.4 is 21.5 Å². The fraction of sp³-hybridized carbons (Fsp3) is 0.200. The minimum Gasteiger partial charge on any atom is -0.491 e. The van der Waals surface area contributed by atoms with Gasteiger partial charge in [-0.25, -0.2) is 4.99 Å². The van der Waals surface area contributed by atoms with E-state index in [9.17, 15) is 4.79 Å². The Morgan fingerprint density at radius 3 is 3.00 bits per heavy atom. The molecule has 84 valence electrons. The van der Waals surface area contributed by atoms with Gasteiger partial charge in [0, 0.05) is 0 Å². The number of ether oxygens (including phenoxy) is 1. The van der Waals surface area contributed by atoms with Crippen molar-refractivity contribution < 1.29 is 9.53 Å². The summed E-state index contributed by atoms with van der Waals surface area (Å²) in [6, 6.07) is 5.11. The van der Waals surface area contributed by atoms with Crippen molar-refractivity contribution in [1.29, 1.82) is 0 Å². The van der Waals surface area contributed by atoms with E-state index in [1.807, 2.05) is 0 Å². The van der Waals surface area contributed by atoms with E-state index in [0.717, 1.165) is 0 Å². The van der Waals surface area contributed by atoms with Crippen molar-refractivity contribution in [2.24, 2.45) is 16.5 Å². The Bertz CT molecular complexity index is 452. The summed E-state index contributed by atoms with van der Waals surface area (Å²) in [6.45, 7) is 0.375. The number of nitrogens with zero attached hydrogens (tertiary/aromatic N) is 1. The summed E-state index contributed by atoms with van der Waals surface area (Å²) >= 11 is 0. The lowest BCUT2D eigenvalue weighted by molar-refractivity contribution is -0.116. The molecule has 16 heavy (non-hydrogen) atoms. The van der Waals surface area contributed by atoms with Crippen molar-refractivity contribution in [3.05, 3.63) is 18.2 Å². The van der Waals surface area contributed by atoms with E-state index < -0.39 is 0 Å². The maximum atomic E-state index is 11.3. The highest BCUT2D eigenvalue weighted by Crippen LogP contribution is 2.30. The first kappa shape index (κ1) is 10.3. The average Bonchev–Trinajstić information content (AvgIpc) is 2.37. The minimum atomic E-state index is -0.0828. The van der Waals surface area contributed by atoms with Gasteiger partial charge in [0.15, 0.2) is 5.96 Å². The highest BCUT2D eigenvalue weighted by Gasteiger charge is 2.13. The number of aliphatic imine (C=N–C) groups is 1. The highest BCUT2D eigenvalue weighted by atomic mass is 16.5. The molecule has 0 atom stereocenters. The van der Waals surface area contributed by atoms with Gasteiger partial charge >= 0.3 is 0 Å². The van der Waals surface area contributed by atoms with Crippen LogP contribution >= 0.6 is 0 Å². The molecule has 0 spiro atoms. The quantitative estimate of drug-likeness (QED) is 0.468. The van der Waals surface area contributed by atoms with Crippen molar-refractivity contribution in [2.45, 2.75) is 6.42 Å². The van der Waals surface area contributed by atoms with Gasteiger partial charge in [-0.15, -0.1) is 0 Å². The van der Waals surface area contributed by atoms with Gasteiger partial charge in [0.25, 0.3) is 0 Å². The smallest absolute Gasteiger partial charge is 0.227 e. The third-order valence-electron chi connectivity index (χ3n) is 2.08. The molecule has 0 aliphatic carbocycles. The molecule has 0 saturated heterocycles. The number of carbonyl (C=O) groups is 1. The molecule has 1 aliphatic heterocycles. The summed E-state index contributed by atoms with van der Waals surface area (Å²) in [7, 11) is 0. The summed E-state index contributed by atoms with van der Waals surface area (Å²) < 4.78 is 5.38. The first-order valence-corrected chi connectivity index (χ1v) is 4.81. The number of rotatable bonds is 1. The van der Waals surface area contributed by atoms with Gasteiger partial charge in [-0.1, -0.05) is 0 Å². The minimum absolute atomic E-state index is 0.0270. The average molecular weight is 220 g/mol. The Hall–Kier alpha value is -2.24. The summed E-state index contributed by atoms with van der Waals surface area (Å²) in [5, 5.41) is 2.72. The lowest BCUT2D eigenvalue weighted by Gasteiger charge is -2.07. The third-order valence-corrected chi connectivity index (χ3v) is 2.08. The second-order valence-corrected chi connectivity index (χ2v) is 3.36. The van der Waals surface area contributed by atoms with E-state index in [-0.39, 0.29) is 11.9 Å². The molecule has 0 bridgehead atoms. The second kappa shape index (κ2) is 4.09. The molecule has 6 heteroatoms. The molecule has 0 saturated carbocycles. The van der Waals surface area contributed by atoms with Gasteiger partial charge in [-0.05, 0) is 18.2 Å². The molecule has 2 rings (SSSR count). The van der Waals surface area contributed by atoms with Crippen LogP contribution in [0.15, 0.2) is 23.2 Å². The predicted molar refractivity (Wildman–Crippen MR) is 60.7 cm³/mol. The number of nitrogens with two attached hydrogens (primary N) is 2. The zero-order valence-corrected chi connectivity index (χ0v) is 8.56. The molecule has 0 unspecified atom stereocenters. The summed E-state index contributed by atoms with van der Waals surface area (Å²) in [4.78, 5) is 15.2. The fourth-order valence-electron chi connectivity index (χ4n) is 1.43. The Morgan fingerprint density at radius 2 is 2.25 bits per heavy atom. The molecule has 0 radical (unpaired) electrons. The van der Waals surface area contributed by atoms with Crippen LogP contribution in [0.3, 0.4) is 0 Å². The summed E-state index contributed by atoms with van der Waals surface area (Å²) in [6.07, 6.45) is 0.340. The molecule has 5 N–H and O–H groups in total. The van der Waals surface area contributed by atoms with Gasteiger partial charge in [-0.2, -0.15) is 0 Å². The van der Waals surface area contributed by atoms with Crippen LogP contribution in [0.1, 0.15) is 6.42 Å². The number of anilines is 1. The number of amides is 1. The van der Waals surface area contributed by atoms with E-state index in [0.29, 0.717) is 30.2 Å². The van der Waals surface area contributed by atoms with Crippen LogP contribution in [0.2, 0.25) is 0 Å². The van der Waals surface area contributed by atoms with Gasteiger partial charge < -0.3 is 21.5 Å². The topological polar surface area (TPSA) is 103 Å². The summed E-state index contributed by atoms with van der Waals surface area (Å²) in [5.41, 5.74) is 11.7. The lowest BCUT2D eigenvalue weighted by atomic mass is 10.2. The normalized spacial score (nSPS) is 14.1. The monoisotopic (exact) mass is 220 g/mol. The first-order valence-electron chi connectivity index (χ1n) is 4.81. The number of guanidine groups is 1. The molecule has 0 fully saturated rings. The molecule has 6 nitrogen and oxygen atoms in total. The van der Waals surface area contributed by atoms with Crippen molar-refractivity contribution >= 4 is 23.2 Å². The van der Waals surface area contributed by atoms with Crippen molar-refractivity contribution in [2.75, 3.05) is 11.9 Å². The molecule has 1 heterocycles. The largest absolute Gasteiger partial charge is 0.491 e. The fourth-order valence-corrected chi connectivity index (χ4v) is 1.43. The van der Waals surface area contributed by atoms with E-state index in [1.165, 1.54) is 0 Å². The number of carbonyl (C=O) groups excluding carboxylic acids is 1. The van der Waals surface area contributed by atoms with E-state index in [1.54, 1.807) is 18.2 Å². The van der Waals surface area contributed by atoms with Crippen LogP contribution in [-0.2, 0) is 4.79 Å². The van der Waals surface area contributed by atoms with E-state index in [4.69, 9.17) is 16.2 Å². The molecule has 1 aromatic carbocycles. The molecular weight excluding hydrogens is 208 g/mol. The van der Waals surface area contributed by atoms with Crippen LogP contribution in [0.5, 0.6) is 5.75 Å². The number of nitrogens with one attached hydrogen (secondary N) is 1. The molecule has 0 aromatic heterocycles. The van der Waals surface area contributed by atoms with Crippen molar-refractivity contribution in [3.8, 4) is 5.75 Å². The van der Waals surface area contributed by atoms with Gasteiger partial charge in [0.2, 0.25) is 5.91 Å². The molecule has 1 aliphatic rings. The van der Waals surface area contributed by atoms with E-state index >= 15 is 0 Å². The van der Waals surface area contributed by atoms with Crippen molar-refractivity contribution in [1.82, 2.24) is 0 Å². The lowest BCUT2D eigenvalue weighted by Crippen LogP contribution is -2.21. The Kier molecular flexibility index (Phi) is 2.63. The second-order valence-electron chi connectivity index (χ2n) is 3.36. The number of hydrogen-bond acceptors (Lipinski definition) is 3.